The van der Waals surface area contributed by atoms with Crippen LogP contribution in [0.15, 0.2) is 48.5 Å². The number of aryl methyl sites for hydroxylation is 4. The predicted molar refractivity (Wildman–Crippen MR) is 139 cm³/mol. The number of esters is 1. The number of aromatic nitrogens is 2. The maximum absolute atomic E-state index is 12.9. The van der Waals surface area contributed by atoms with E-state index < -0.39 is 5.97 Å². The van der Waals surface area contributed by atoms with Crippen molar-refractivity contribution in [3.05, 3.63) is 92.9 Å². The molecule has 0 atom stereocenters. The van der Waals surface area contributed by atoms with Crippen molar-refractivity contribution in [1.82, 2.24) is 9.55 Å². The van der Waals surface area contributed by atoms with Crippen LogP contribution in [-0.4, -0.2) is 27.9 Å². The van der Waals surface area contributed by atoms with Gasteiger partial charge in [0, 0.05) is 45.1 Å². The second-order valence-corrected chi connectivity index (χ2v) is 9.80. The van der Waals surface area contributed by atoms with E-state index in [1.807, 2.05) is 56.3 Å². The average Bonchev–Trinajstić information content (AvgIpc) is 3.38. The smallest absolute Gasteiger partial charge is 0.338 e. The van der Waals surface area contributed by atoms with Crippen molar-refractivity contribution in [3.8, 4) is 0 Å². The third-order valence-corrected chi connectivity index (χ3v) is 7.33. The normalized spacial score (nSPS) is 13.1. The van der Waals surface area contributed by atoms with Crippen LogP contribution in [0.4, 0.5) is 0 Å². The number of ether oxygens (including phenoxy) is 1. The Labute approximate surface area is 210 Å². The Hall–Kier alpha value is -3.31. The van der Waals surface area contributed by atoms with Gasteiger partial charge in [0.1, 0.15) is 0 Å². The molecule has 2 aromatic carbocycles. The van der Waals surface area contributed by atoms with Gasteiger partial charge in [0.05, 0.1) is 5.56 Å². The first-order valence-corrected chi connectivity index (χ1v) is 12.5. The van der Waals surface area contributed by atoms with Gasteiger partial charge in [-0.2, -0.15) is 0 Å². The van der Waals surface area contributed by atoms with Crippen molar-refractivity contribution >= 4 is 34.3 Å². The lowest BCUT2D eigenvalue weighted by molar-refractivity contribution is 0.0474. The molecule has 35 heavy (non-hydrogen) atoms. The number of hydrogen-bond donors (Lipinski definition) is 1. The number of hydrogen-bond acceptors (Lipinski definition) is 3. The summed E-state index contributed by atoms with van der Waals surface area (Å²) >= 11 is 5.98. The van der Waals surface area contributed by atoms with E-state index in [1.54, 1.807) is 6.07 Å². The molecule has 1 N–H and O–H groups in total. The molecule has 6 heteroatoms. The molecule has 0 radical (unpaired) electrons. The number of nitrogens with one attached hydrogen (secondary N) is 1. The highest BCUT2D eigenvalue weighted by Gasteiger charge is 2.20. The van der Waals surface area contributed by atoms with Crippen molar-refractivity contribution in [2.45, 2.75) is 52.5 Å². The summed E-state index contributed by atoms with van der Waals surface area (Å²) in [6.07, 6.45) is 5.28. The number of rotatable bonds is 7. The summed E-state index contributed by atoms with van der Waals surface area (Å²) in [6.45, 7) is 4.41. The Kier molecular flexibility index (Phi) is 6.52. The van der Waals surface area contributed by atoms with Gasteiger partial charge >= 0.3 is 5.97 Å². The van der Waals surface area contributed by atoms with Gasteiger partial charge in [-0.15, -0.1) is 0 Å². The van der Waals surface area contributed by atoms with E-state index in [2.05, 4.69) is 9.55 Å². The molecule has 0 spiro atoms. The topological polar surface area (TPSA) is 64.1 Å². The minimum Gasteiger partial charge on any atom is -0.454 e. The maximum Gasteiger partial charge on any atom is 0.338 e. The van der Waals surface area contributed by atoms with Crippen molar-refractivity contribution < 1.29 is 14.3 Å². The molecular weight excluding hydrogens is 460 g/mol. The zero-order valence-electron chi connectivity index (χ0n) is 20.1. The lowest BCUT2D eigenvalue weighted by Crippen LogP contribution is -2.15. The highest BCUT2D eigenvalue weighted by molar-refractivity contribution is 6.30. The Balaban J connectivity index is 1.25. The van der Waals surface area contributed by atoms with E-state index >= 15 is 0 Å². The molecule has 1 aliphatic rings. The summed E-state index contributed by atoms with van der Waals surface area (Å²) in [5, 5.41) is 1.81. The number of H-pyrrole nitrogens is 1. The van der Waals surface area contributed by atoms with Crippen LogP contribution in [0.2, 0.25) is 5.02 Å². The van der Waals surface area contributed by atoms with Crippen LogP contribution < -0.4 is 0 Å². The maximum atomic E-state index is 12.9. The van der Waals surface area contributed by atoms with Crippen LogP contribution in [-0.2, 0) is 30.5 Å². The fourth-order valence-electron chi connectivity index (χ4n) is 5.14. The average molecular weight is 489 g/mol. The first-order valence-electron chi connectivity index (χ1n) is 12.2. The Morgan fingerprint density at radius 1 is 1.03 bits per heavy atom. The summed E-state index contributed by atoms with van der Waals surface area (Å²) in [4.78, 5) is 29.2. The van der Waals surface area contributed by atoms with Gasteiger partial charge in [-0.25, -0.2) is 4.79 Å². The second-order valence-electron chi connectivity index (χ2n) is 9.36. The first-order chi connectivity index (χ1) is 16.9. The lowest BCUT2D eigenvalue weighted by Gasteiger charge is -2.11. The lowest BCUT2D eigenvalue weighted by atomic mass is 9.95. The van der Waals surface area contributed by atoms with E-state index in [-0.39, 0.29) is 12.4 Å². The minimum absolute atomic E-state index is 0.190. The number of carbonyl (C=O) groups is 2. The monoisotopic (exact) mass is 488 g/mol. The van der Waals surface area contributed by atoms with E-state index in [0.29, 0.717) is 11.1 Å². The highest BCUT2D eigenvalue weighted by Crippen LogP contribution is 2.30. The highest BCUT2D eigenvalue weighted by atomic mass is 35.5. The van der Waals surface area contributed by atoms with Crippen LogP contribution in [0, 0.1) is 13.8 Å². The van der Waals surface area contributed by atoms with Gasteiger partial charge < -0.3 is 14.3 Å². The predicted octanol–water partition coefficient (Wildman–Crippen LogP) is 6.40. The Morgan fingerprint density at radius 3 is 2.60 bits per heavy atom. The minimum atomic E-state index is -0.470. The Bertz CT molecular complexity index is 1410. The Morgan fingerprint density at radius 2 is 1.80 bits per heavy atom. The summed E-state index contributed by atoms with van der Waals surface area (Å²) < 4.78 is 7.57. The van der Waals surface area contributed by atoms with E-state index in [0.717, 1.165) is 53.1 Å². The van der Waals surface area contributed by atoms with Crippen LogP contribution in [0.25, 0.3) is 10.9 Å². The first kappa shape index (κ1) is 23.4. The number of carbonyl (C=O) groups excluding carboxylic acids is 2. The molecule has 0 unspecified atom stereocenters. The molecule has 0 saturated carbocycles. The largest absolute Gasteiger partial charge is 0.454 e. The standard InChI is InChI=1S/C29H29ClN2O3/c1-18-15-24(19(2)32(18)14-13-20-7-10-22(30)11-8-20)28(33)17-35-29(34)21-9-12-27-25(16-21)23-5-3-4-6-26(23)31-27/h7-12,15-16,31H,3-6,13-14,17H2,1-2H3. The van der Waals surface area contributed by atoms with Crippen molar-refractivity contribution in [1.29, 1.82) is 0 Å². The van der Waals surface area contributed by atoms with Gasteiger partial charge in [0.2, 0.25) is 5.78 Å². The third-order valence-electron chi connectivity index (χ3n) is 7.08. The quantitative estimate of drug-likeness (QED) is 0.242. The molecule has 0 bridgehead atoms. The van der Waals surface area contributed by atoms with Gasteiger partial charge in [0.25, 0.3) is 0 Å². The zero-order chi connectivity index (χ0) is 24.5. The number of Topliss-reactive ketones (excluding diaryl/α,β-unsaturated/α-hetero) is 1. The molecule has 0 amide bonds. The van der Waals surface area contributed by atoms with Crippen LogP contribution >= 0.6 is 11.6 Å². The molecule has 0 fully saturated rings. The number of benzene rings is 2. The molecule has 2 aromatic heterocycles. The number of aromatic amines is 1. The fraction of sp³-hybridized carbons (Fsp3) is 0.310. The van der Waals surface area contributed by atoms with Crippen LogP contribution in [0.5, 0.6) is 0 Å². The van der Waals surface area contributed by atoms with Crippen LogP contribution in [0.1, 0.15) is 61.8 Å². The number of fused-ring (bicyclic) bond motifs is 3. The summed E-state index contributed by atoms with van der Waals surface area (Å²) in [5.41, 5.74) is 7.79. The fourth-order valence-corrected chi connectivity index (χ4v) is 5.27. The van der Waals surface area contributed by atoms with Crippen LogP contribution in [0.3, 0.4) is 0 Å². The van der Waals surface area contributed by atoms with Gasteiger partial charge in [-0.3, -0.25) is 4.79 Å². The zero-order valence-corrected chi connectivity index (χ0v) is 20.9. The second kappa shape index (κ2) is 9.74. The van der Waals surface area contributed by atoms with E-state index in [9.17, 15) is 9.59 Å². The van der Waals surface area contributed by atoms with Crippen molar-refractivity contribution in [2.24, 2.45) is 0 Å². The van der Waals surface area contributed by atoms with Crippen molar-refractivity contribution in [2.75, 3.05) is 6.61 Å². The third kappa shape index (κ3) is 4.78. The molecule has 0 saturated heterocycles. The molecule has 0 aliphatic heterocycles. The molecule has 5 nitrogen and oxygen atoms in total. The number of ketones is 1. The van der Waals surface area contributed by atoms with E-state index in [4.69, 9.17) is 16.3 Å². The summed E-state index contributed by atoms with van der Waals surface area (Å²) in [6, 6.07) is 15.3. The number of halogens is 1. The molecule has 180 valence electrons. The molecular formula is C29H29ClN2O3. The number of nitrogens with zero attached hydrogens (tertiary/aromatic N) is 1. The molecule has 2 heterocycles. The summed E-state index contributed by atoms with van der Waals surface area (Å²) in [5.74, 6) is -0.660. The van der Waals surface area contributed by atoms with Gasteiger partial charge in [0.15, 0.2) is 6.61 Å². The van der Waals surface area contributed by atoms with Gasteiger partial charge in [-0.1, -0.05) is 23.7 Å². The summed E-state index contributed by atoms with van der Waals surface area (Å²) in [7, 11) is 0. The van der Waals surface area contributed by atoms with Gasteiger partial charge in [-0.05, 0) is 93.5 Å². The molecule has 5 rings (SSSR count). The SMILES string of the molecule is Cc1cc(C(=O)COC(=O)c2ccc3[nH]c4c(c3c2)CCCC4)c(C)n1CCc1ccc(Cl)cc1. The molecule has 4 aromatic rings. The van der Waals surface area contributed by atoms with E-state index in [1.165, 1.54) is 29.7 Å². The molecule has 1 aliphatic carbocycles. The van der Waals surface area contributed by atoms with Crippen molar-refractivity contribution in [3.63, 3.8) is 0 Å².